The lowest BCUT2D eigenvalue weighted by molar-refractivity contribution is -0.115. The fourth-order valence-corrected chi connectivity index (χ4v) is 4.14. The number of rotatable bonds is 7. The Labute approximate surface area is 192 Å². The molecule has 162 valence electrons. The number of imidazole rings is 1. The standard InChI is InChI=1S/C26H26N4OS/c1-17-7-11-20(12-8-17)24-25(21-13-9-18(2)10-14-21)30-26(29-24)32-16-15-23(31)28-22-6-4-5-19(3)27-22/h4-14H,15-16H2,1-3H3,(H,29,30)(H,27,28,31). The summed E-state index contributed by atoms with van der Waals surface area (Å²) in [5.74, 6) is 1.15. The van der Waals surface area contributed by atoms with Crippen LogP contribution in [0.2, 0.25) is 0 Å². The van der Waals surface area contributed by atoms with Crippen LogP contribution in [0, 0.1) is 20.8 Å². The van der Waals surface area contributed by atoms with E-state index in [1.54, 1.807) is 17.8 Å². The average Bonchev–Trinajstić information content (AvgIpc) is 3.19. The van der Waals surface area contributed by atoms with Gasteiger partial charge in [-0.3, -0.25) is 4.79 Å². The van der Waals surface area contributed by atoms with Crippen molar-refractivity contribution >= 4 is 23.5 Å². The van der Waals surface area contributed by atoms with Crippen LogP contribution in [-0.4, -0.2) is 26.6 Å². The fraction of sp³-hybridized carbons (Fsp3) is 0.192. The molecule has 0 aliphatic carbocycles. The highest BCUT2D eigenvalue weighted by Crippen LogP contribution is 2.33. The average molecular weight is 443 g/mol. The normalized spacial score (nSPS) is 10.8. The minimum absolute atomic E-state index is 0.0559. The highest BCUT2D eigenvalue weighted by Gasteiger charge is 2.15. The van der Waals surface area contributed by atoms with Crippen molar-refractivity contribution in [1.29, 1.82) is 0 Å². The van der Waals surface area contributed by atoms with Gasteiger partial charge in [-0.15, -0.1) is 0 Å². The second-order valence-corrected chi connectivity index (χ2v) is 8.89. The summed E-state index contributed by atoms with van der Waals surface area (Å²) in [4.78, 5) is 24.9. The third kappa shape index (κ3) is 5.45. The molecule has 2 N–H and O–H groups in total. The summed E-state index contributed by atoms with van der Waals surface area (Å²) in [6, 6.07) is 22.4. The third-order valence-corrected chi connectivity index (χ3v) is 5.95. The van der Waals surface area contributed by atoms with Crippen LogP contribution in [0.4, 0.5) is 5.82 Å². The number of hydrogen-bond donors (Lipinski definition) is 2. The SMILES string of the molecule is Cc1ccc(-c2nc(SCCC(=O)Nc3cccc(C)n3)[nH]c2-c2ccc(C)cc2)cc1. The summed E-state index contributed by atoms with van der Waals surface area (Å²) in [5.41, 5.74) is 7.37. The molecule has 2 heterocycles. The minimum Gasteiger partial charge on any atom is -0.332 e. The maximum Gasteiger partial charge on any atom is 0.226 e. The zero-order chi connectivity index (χ0) is 22.5. The number of aromatic amines is 1. The van der Waals surface area contributed by atoms with Crippen LogP contribution < -0.4 is 5.32 Å². The molecule has 1 amide bonds. The number of aryl methyl sites for hydroxylation is 3. The molecule has 5 nitrogen and oxygen atoms in total. The van der Waals surface area contributed by atoms with Gasteiger partial charge in [-0.25, -0.2) is 9.97 Å². The van der Waals surface area contributed by atoms with Gasteiger partial charge >= 0.3 is 0 Å². The summed E-state index contributed by atoms with van der Waals surface area (Å²) in [5, 5.41) is 3.66. The van der Waals surface area contributed by atoms with Crippen molar-refractivity contribution in [3.05, 3.63) is 83.6 Å². The third-order valence-electron chi connectivity index (χ3n) is 5.07. The van der Waals surface area contributed by atoms with Crippen LogP contribution in [0.5, 0.6) is 0 Å². The van der Waals surface area contributed by atoms with Crippen molar-refractivity contribution in [3.8, 4) is 22.5 Å². The molecular weight excluding hydrogens is 416 g/mol. The van der Waals surface area contributed by atoms with Crippen molar-refractivity contribution in [3.63, 3.8) is 0 Å². The number of carbonyl (C=O) groups excluding carboxylic acids is 1. The first-order valence-corrected chi connectivity index (χ1v) is 11.6. The lowest BCUT2D eigenvalue weighted by Gasteiger charge is -2.04. The fourth-order valence-electron chi connectivity index (χ4n) is 3.33. The smallest absolute Gasteiger partial charge is 0.226 e. The lowest BCUT2D eigenvalue weighted by atomic mass is 10.0. The van der Waals surface area contributed by atoms with Gasteiger partial charge in [-0.05, 0) is 32.9 Å². The number of thioether (sulfide) groups is 1. The molecule has 0 aliphatic rings. The Morgan fingerprint density at radius 1 is 0.875 bits per heavy atom. The second-order valence-electron chi connectivity index (χ2n) is 7.81. The number of pyridine rings is 1. The molecule has 2 aromatic heterocycles. The van der Waals surface area contributed by atoms with E-state index in [0.717, 1.165) is 33.4 Å². The number of carbonyl (C=O) groups is 1. The summed E-state index contributed by atoms with van der Waals surface area (Å²) < 4.78 is 0. The Balaban J connectivity index is 1.49. The lowest BCUT2D eigenvalue weighted by Crippen LogP contribution is -2.13. The zero-order valence-corrected chi connectivity index (χ0v) is 19.3. The zero-order valence-electron chi connectivity index (χ0n) is 18.5. The van der Waals surface area contributed by atoms with Crippen LogP contribution >= 0.6 is 11.8 Å². The van der Waals surface area contributed by atoms with E-state index in [0.29, 0.717) is 18.0 Å². The van der Waals surface area contributed by atoms with E-state index < -0.39 is 0 Å². The van der Waals surface area contributed by atoms with Crippen LogP contribution in [0.15, 0.2) is 71.9 Å². The topological polar surface area (TPSA) is 70.7 Å². The van der Waals surface area contributed by atoms with Crippen LogP contribution in [0.3, 0.4) is 0 Å². The van der Waals surface area contributed by atoms with E-state index >= 15 is 0 Å². The monoisotopic (exact) mass is 442 g/mol. The van der Waals surface area contributed by atoms with Crippen LogP contribution in [-0.2, 0) is 4.79 Å². The molecule has 0 bridgehead atoms. The molecule has 4 aromatic rings. The quantitative estimate of drug-likeness (QED) is 0.335. The molecule has 0 spiro atoms. The molecule has 0 fully saturated rings. The number of hydrogen-bond acceptors (Lipinski definition) is 4. The van der Waals surface area contributed by atoms with Gasteiger partial charge < -0.3 is 10.3 Å². The molecule has 0 radical (unpaired) electrons. The highest BCUT2D eigenvalue weighted by atomic mass is 32.2. The largest absolute Gasteiger partial charge is 0.332 e. The molecule has 0 atom stereocenters. The molecular formula is C26H26N4OS. The van der Waals surface area contributed by atoms with Crippen molar-refractivity contribution in [2.75, 3.05) is 11.1 Å². The van der Waals surface area contributed by atoms with E-state index in [4.69, 9.17) is 4.98 Å². The molecule has 4 rings (SSSR count). The van der Waals surface area contributed by atoms with Crippen molar-refractivity contribution in [1.82, 2.24) is 15.0 Å². The van der Waals surface area contributed by atoms with E-state index in [-0.39, 0.29) is 5.91 Å². The molecule has 32 heavy (non-hydrogen) atoms. The highest BCUT2D eigenvalue weighted by molar-refractivity contribution is 7.99. The number of nitrogens with one attached hydrogen (secondary N) is 2. The maximum atomic E-state index is 12.3. The predicted octanol–water partition coefficient (Wildman–Crippen LogP) is 6.18. The summed E-state index contributed by atoms with van der Waals surface area (Å²) in [6.45, 7) is 6.06. The number of nitrogens with zero attached hydrogens (tertiary/aromatic N) is 2. The molecule has 0 saturated carbocycles. The maximum absolute atomic E-state index is 12.3. The van der Waals surface area contributed by atoms with E-state index in [1.165, 1.54) is 11.1 Å². The first-order chi connectivity index (χ1) is 15.5. The van der Waals surface area contributed by atoms with Crippen LogP contribution in [0.25, 0.3) is 22.5 Å². The summed E-state index contributed by atoms with van der Waals surface area (Å²) in [7, 11) is 0. The van der Waals surface area contributed by atoms with Gasteiger partial charge in [0.15, 0.2) is 5.16 Å². The van der Waals surface area contributed by atoms with Crippen LogP contribution in [0.1, 0.15) is 23.2 Å². The molecule has 0 aliphatic heterocycles. The van der Waals surface area contributed by atoms with E-state index in [9.17, 15) is 4.79 Å². The molecule has 0 saturated heterocycles. The number of amides is 1. The molecule has 0 unspecified atom stereocenters. The Morgan fingerprint density at radius 3 is 2.19 bits per heavy atom. The van der Waals surface area contributed by atoms with Gasteiger partial charge in [0.2, 0.25) is 5.91 Å². The first-order valence-electron chi connectivity index (χ1n) is 10.6. The van der Waals surface area contributed by atoms with E-state index in [1.807, 2.05) is 19.1 Å². The Bertz CT molecular complexity index is 1150. The Hall–Kier alpha value is -3.38. The first kappa shape index (κ1) is 21.8. The number of aromatic nitrogens is 3. The van der Waals surface area contributed by atoms with Gasteiger partial charge in [0, 0.05) is 29.0 Å². The van der Waals surface area contributed by atoms with Gasteiger partial charge in [0.1, 0.15) is 5.82 Å². The molecule has 2 aromatic carbocycles. The Morgan fingerprint density at radius 2 is 1.53 bits per heavy atom. The van der Waals surface area contributed by atoms with Gasteiger partial charge in [0.25, 0.3) is 0 Å². The van der Waals surface area contributed by atoms with Gasteiger partial charge in [-0.1, -0.05) is 77.5 Å². The predicted molar refractivity (Wildman–Crippen MR) is 132 cm³/mol. The van der Waals surface area contributed by atoms with Crippen molar-refractivity contribution in [2.24, 2.45) is 0 Å². The van der Waals surface area contributed by atoms with Gasteiger partial charge in [-0.2, -0.15) is 0 Å². The second kappa shape index (κ2) is 9.83. The number of benzene rings is 2. The van der Waals surface area contributed by atoms with Crippen molar-refractivity contribution in [2.45, 2.75) is 32.3 Å². The minimum atomic E-state index is -0.0559. The summed E-state index contributed by atoms with van der Waals surface area (Å²) >= 11 is 1.55. The number of H-pyrrole nitrogens is 1. The molecule has 6 heteroatoms. The Kier molecular flexibility index (Phi) is 6.71. The number of anilines is 1. The van der Waals surface area contributed by atoms with Crippen molar-refractivity contribution < 1.29 is 4.79 Å². The summed E-state index contributed by atoms with van der Waals surface area (Å²) in [6.07, 6.45) is 0.376. The van der Waals surface area contributed by atoms with Gasteiger partial charge in [0.05, 0.1) is 11.4 Å². The van der Waals surface area contributed by atoms with E-state index in [2.05, 4.69) is 77.7 Å².